The second-order valence-corrected chi connectivity index (χ2v) is 5.23. The van der Waals surface area contributed by atoms with E-state index in [2.05, 4.69) is 21.5 Å². The lowest BCUT2D eigenvalue weighted by Crippen LogP contribution is -2.25. The zero-order valence-corrected chi connectivity index (χ0v) is 12.6. The van der Waals surface area contributed by atoms with E-state index in [1.165, 1.54) is 0 Å². The third-order valence-electron chi connectivity index (χ3n) is 2.75. The summed E-state index contributed by atoms with van der Waals surface area (Å²) >= 11 is 2.04. The van der Waals surface area contributed by atoms with E-state index in [0.717, 1.165) is 24.4 Å². The van der Waals surface area contributed by atoms with Gasteiger partial charge in [-0.1, -0.05) is 6.92 Å². The van der Waals surface area contributed by atoms with E-state index in [4.69, 9.17) is 0 Å². The molecular formula is C12H15IN4O. The molecule has 2 rings (SSSR count). The summed E-state index contributed by atoms with van der Waals surface area (Å²) in [6.45, 7) is 5.39. The lowest BCUT2D eigenvalue weighted by Gasteiger charge is -2.09. The SMILES string of the molecule is CCCn1cncc1Cn1cnc(C)c(I)c1=O. The molecule has 96 valence electrons. The summed E-state index contributed by atoms with van der Waals surface area (Å²) in [7, 11) is 0. The zero-order valence-electron chi connectivity index (χ0n) is 10.4. The number of hydrogen-bond acceptors (Lipinski definition) is 3. The van der Waals surface area contributed by atoms with Crippen molar-refractivity contribution in [2.75, 3.05) is 0 Å². The number of halogens is 1. The molecule has 0 N–H and O–H groups in total. The van der Waals surface area contributed by atoms with Gasteiger partial charge < -0.3 is 4.57 Å². The first-order chi connectivity index (χ1) is 8.63. The first-order valence-electron chi connectivity index (χ1n) is 5.84. The number of aryl methyl sites for hydroxylation is 2. The Hall–Kier alpha value is -1.18. The van der Waals surface area contributed by atoms with E-state index in [-0.39, 0.29) is 5.56 Å². The first-order valence-corrected chi connectivity index (χ1v) is 6.92. The van der Waals surface area contributed by atoms with Crippen molar-refractivity contribution in [2.24, 2.45) is 0 Å². The fraction of sp³-hybridized carbons (Fsp3) is 0.417. The van der Waals surface area contributed by atoms with Gasteiger partial charge in [-0.3, -0.25) is 9.36 Å². The molecule has 18 heavy (non-hydrogen) atoms. The topological polar surface area (TPSA) is 52.7 Å². The van der Waals surface area contributed by atoms with Gasteiger partial charge in [-0.15, -0.1) is 0 Å². The van der Waals surface area contributed by atoms with Crippen molar-refractivity contribution in [3.63, 3.8) is 0 Å². The molecule has 0 atom stereocenters. The molecule has 0 aliphatic carbocycles. The largest absolute Gasteiger partial charge is 0.333 e. The fourth-order valence-electron chi connectivity index (χ4n) is 1.76. The Kier molecular flexibility index (Phi) is 4.15. The van der Waals surface area contributed by atoms with Gasteiger partial charge in [0.2, 0.25) is 0 Å². The summed E-state index contributed by atoms with van der Waals surface area (Å²) in [4.78, 5) is 20.4. The zero-order chi connectivity index (χ0) is 13.1. The molecule has 0 spiro atoms. The van der Waals surface area contributed by atoms with Gasteiger partial charge in [-0.05, 0) is 35.9 Å². The highest BCUT2D eigenvalue weighted by atomic mass is 127. The van der Waals surface area contributed by atoms with Crippen LogP contribution in [0.15, 0.2) is 23.6 Å². The average molecular weight is 358 g/mol. The predicted octanol–water partition coefficient (Wildman–Crippen LogP) is 1.81. The Bertz CT molecular complexity index is 602. The number of nitrogens with zero attached hydrogens (tertiary/aromatic N) is 4. The molecule has 0 fully saturated rings. The molecule has 0 saturated heterocycles. The van der Waals surface area contributed by atoms with Gasteiger partial charge in [-0.2, -0.15) is 0 Å². The number of rotatable bonds is 4. The minimum absolute atomic E-state index is 0.00680. The highest BCUT2D eigenvalue weighted by molar-refractivity contribution is 14.1. The normalized spacial score (nSPS) is 10.8. The molecule has 6 heteroatoms. The van der Waals surface area contributed by atoms with Gasteiger partial charge in [-0.25, -0.2) is 9.97 Å². The van der Waals surface area contributed by atoms with Crippen molar-refractivity contribution in [2.45, 2.75) is 33.4 Å². The number of aromatic nitrogens is 4. The summed E-state index contributed by atoms with van der Waals surface area (Å²) in [6.07, 6.45) is 6.25. The van der Waals surface area contributed by atoms with Gasteiger partial charge in [0.25, 0.3) is 5.56 Å². The monoisotopic (exact) mass is 358 g/mol. The molecule has 2 aromatic heterocycles. The predicted molar refractivity (Wildman–Crippen MR) is 77.6 cm³/mol. The van der Waals surface area contributed by atoms with E-state index >= 15 is 0 Å². The van der Waals surface area contributed by atoms with Crippen LogP contribution in [0.1, 0.15) is 24.7 Å². The third-order valence-corrected chi connectivity index (χ3v) is 3.99. The van der Waals surface area contributed by atoms with Crippen LogP contribution in [0.5, 0.6) is 0 Å². The Balaban J connectivity index is 2.32. The second-order valence-electron chi connectivity index (χ2n) is 4.16. The van der Waals surface area contributed by atoms with Crippen LogP contribution < -0.4 is 5.56 Å². The minimum Gasteiger partial charge on any atom is -0.333 e. The Morgan fingerprint density at radius 1 is 1.33 bits per heavy atom. The molecule has 0 saturated carbocycles. The minimum atomic E-state index is 0.00680. The van der Waals surface area contributed by atoms with Gasteiger partial charge in [0.05, 0.1) is 34.2 Å². The van der Waals surface area contributed by atoms with Crippen LogP contribution in [0.2, 0.25) is 0 Å². The van der Waals surface area contributed by atoms with Crippen LogP contribution in [-0.4, -0.2) is 19.1 Å². The van der Waals surface area contributed by atoms with Crippen molar-refractivity contribution in [3.8, 4) is 0 Å². The maximum Gasteiger partial charge on any atom is 0.267 e. The van der Waals surface area contributed by atoms with Gasteiger partial charge in [0.15, 0.2) is 0 Å². The molecule has 2 heterocycles. The fourth-order valence-corrected chi connectivity index (χ4v) is 2.20. The quantitative estimate of drug-likeness (QED) is 0.784. The molecule has 0 aliphatic heterocycles. The van der Waals surface area contributed by atoms with Gasteiger partial charge in [0.1, 0.15) is 0 Å². The van der Waals surface area contributed by atoms with Gasteiger partial charge >= 0.3 is 0 Å². The summed E-state index contributed by atoms with van der Waals surface area (Å²) in [5, 5.41) is 0. The maximum atomic E-state index is 12.1. The maximum absolute atomic E-state index is 12.1. The van der Waals surface area contributed by atoms with Crippen molar-refractivity contribution in [1.82, 2.24) is 19.1 Å². The van der Waals surface area contributed by atoms with Crippen LogP contribution in [0.4, 0.5) is 0 Å². The van der Waals surface area contributed by atoms with Gasteiger partial charge in [0, 0.05) is 12.7 Å². The van der Waals surface area contributed by atoms with Crippen molar-refractivity contribution in [1.29, 1.82) is 0 Å². The summed E-state index contributed by atoms with van der Waals surface area (Å²) in [5.41, 5.74) is 1.81. The van der Waals surface area contributed by atoms with E-state index in [0.29, 0.717) is 10.1 Å². The first kappa shape index (κ1) is 13.3. The standard InChI is InChI=1S/C12H15IN4O/c1-3-4-16-7-14-5-10(16)6-17-8-15-9(2)11(13)12(17)18/h5,7-8H,3-4,6H2,1-2H3. The summed E-state index contributed by atoms with van der Waals surface area (Å²) in [6, 6.07) is 0. The molecule has 0 aromatic carbocycles. The highest BCUT2D eigenvalue weighted by Crippen LogP contribution is 2.05. The molecule has 0 bridgehead atoms. The Morgan fingerprint density at radius 3 is 2.83 bits per heavy atom. The van der Waals surface area contributed by atoms with E-state index in [1.54, 1.807) is 23.4 Å². The average Bonchev–Trinajstić information content (AvgIpc) is 2.78. The number of imidazole rings is 1. The molecular weight excluding hydrogens is 343 g/mol. The second kappa shape index (κ2) is 5.64. The van der Waals surface area contributed by atoms with Crippen molar-refractivity contribution >= 4 is 22.6 Å². The smallest absolute Gasteiger partial charge is 0.267 e. The van der Waals surface area contributed by atoms with Crippen molar-refractivity contribution in [3.05, 3.63) is 44.2 Å². The lowest BCUT2D eigenvalue weighted by atomic mass is 10.4. The van der Waals surface area contributed by atoms with Crippen LogP contribution in [-0.2, 0) is 13.1 Å². The highest BCUT2D eigenvalue weighted by Gasteiger charge is 2.08. The molecule has 0 aliphatic rings. The number of hydrogen-bond donors (Lipinski definition) is 0. The van der Waals surface area contributed by atoms with Crippen molar-refractivity contribution < 1.29 is 0 Å². The van der Waals surface area contributed by atoms with E-state index in [9.17, 15) is 4.79 Å². The molecule has 0 unspecified atom stereocenters. The van der Waals surface area contributed by atoms with Crippen LogP contribution in [0, 0.1) is 10.5 Å². The summed E-state index contributed by atoms with van der Waals surface area (Å²) < 4.78 is 4.37. The van der Waals surface area contributed by atoms with Crippen LogP contribution in [0.25, 0.3) is 0 Å². The molecule has 5 nitrogen and oxygen atoms in total. The van der Waals surface area contributed by atoms with E-state index < -0.39 is 0 Å². The summed E-state index contributed by atoms with van der Waals surface area (Å²) in [5.74, 6) is 0. The third kappa shape index (κ3) is 2.63. The Labute approximate surface area is 119 Å². The molecule has 0 radical (unpaired) electrons. The van der Waals surface area contributed by atoms with Crippen LogP contribution >= 0.6 is 22.6 Å². The van der Waals surface area contributed by atoms with Crippen LogP contribution in [0.3, 0.4) is 0 Å². The lowest BCUT2D eigenvalue weighted by molar-refractivity contribution is 0.610. The van der Waals surface area contributed by atoms with E-state index in [1.807, 2.05) is 29.5 Å². The Morgan fingerprint density at radius 2 is 2.11 bits per heavy atom. The molecule has 0 amide bonds. The molecule has 2 aromatic rings.